The maximum atomic E-state index is 4.30. The molecule has 1 fully saturated rings. The van der Waals surface area contributed by atoms with Crippen molar-refractivity contribution in [1.29, 1.82) is 0 Å². The van der Waals surface area contributed by atoms with Crippen molar-refractivity contribution in [3.8, 4) is 0 Å². The third kappa shape index (κ3) is 2.77. The van der Waals surface area contributed by atoms with Crippen molar-refractivity contribution >= 4 is 11.8 Å². The smallest absolute Gasteiger partial charge is 0.186 e. The molecule has 0 radical (unpaired) electrons. The molecule has 90 valence electrons. The molecule has 1 aliphatic rings. The zero-order chi connectivity index (χ0) is 11.4. The second-order valence-electron chi connectivity index (χ2n) is 4.36. The molecule has 2 rings (SSSR count). The molecule has 16 heavy (non-hydrogen) atoms. The summed E-state index contributed by atoms with van der Waals surface area (Å²) in [7, 11) is 4.03. The lowest BCUT2D eigenvalue weighted by Crippen LogP contribution is -2.34. The lowest BCUT2D eigenvalue weighted by atomic mass is 10.1. The Labute approximate surface area is 101 Å². The summed E-state index contributed by atoms with van der Waals surface area (Å²) in [6.07, 6.45) is 8.26. The van der Waals surface area contributed by atoms with Crippen LogP contribution < -0.4 is 5.32 Å². The van der Waals surface area contributed by atoms with Gasteiger partial charge in [0, 0.05) is 18.3 Å². The van der Waals surface area contributed by atoms with Crippen molar-refractivity contribution in [3.05, 3.63) is 6.33 Å². The van der Waals surface area contributed by atoms with Crippen LogP contribution in [0.2, 0.25) is 0 Å². The van der Waals surface area contributed by atoms with Gasteiger partial charge in [0.1, 0.15) is 6.33 Å². The highest BCUT2D eigenvalue weighted by atomic mass is 32.2. The Morgan fingerprint density at radius 1 is 1.38 bits per heavy atom. The molecule has 1 aromatic rings. The number of aryl methyl sites for hydroxylation is 1. The van der Waals surface area contributed by atoms with Gasteiger partial charge in [0.2, 0.25) is 0 Å². The number of hydrogen-bond acceptors (Lipinski definition) is 4. The van der Waals surface area contributed by atoms with E-state index in [2.05, 4.69) is 22.4 Å². The van der Waals surface area contributed by atoms with E-state index in [-0.39, 0.29) is 0 Å². The second-order valence-corrected chi connectivity index (χ2v) is 5.56. The first-order chi connectivity index (χ1) is 7.81. The highest BCUT2D eigenvalue weighted by Crippen LogP contribution is 2.31. The van der Waals surface area contributed by atoms with Gasteiger partial charge in [-0.1, -0.05) is 31.0 Å². The Balaban J connectivity index is 2.03. The normalized spacial score (nSPS) is 26.6. The third-order valence-electron chi connectivity index (χ3n) is 3.25. The molecule has 1 aliphatic carbocycles. The molecular formula is C11H20N4S. The van der Waals surface area contributed by atoms with Gasteiger partial charge in [0.15, 0.2) is 5.16 Å². The lowest BCUT2D eigenvalue weighted by molar-refractivity contribution is 0.508. The fourth-order valence-corrected chi connectivity index (χ4v) is 3.57. The molecule has 1 saturated carbocycles. The largest absolute Gasteiger partial charge is 0.316 e. The average Bonchev–Trinajstić information content (AvgIpc) is 2.56. The zero-order valence-electron chi connectivity index (χ0n) is 10.0. The van der Waals surface area contributed by atoms with Crippen molar-refractivity contribution in [2.24, 2.45) is 7.05 Å². The van der Waals surface area contributed by atoms with E-state index in [1.165, 1.54) is 32.1 Å². The molecule has 0 aliphatic heterocycles. The van der Waals surface area contributed by atoms with Gasteiger partial charge in [0.25, 0.3) is 0 Å². The molecule has 0 saturated heterocycles. The molecule has 0 spiro atoms. The summed E-state index contributed by atoms with van der Waals surface area (Å²) in [5, 5.41) is 9.24. The fraction of sp³-hybridized carbons (Fsp3) is 0.818. The summed E-state index contributed by atoms with van der Waals surface area (Å²) in [5.41, 5.74) is 0. The summed E-state index contributed by atoms with van der Waals surface area (Å²) in [5.74, 6) is 0. The van der Waals surface area contributed by atoms with Crippen molar-refractivity contribution in [3.63, 3.8) is 0 Å². The molecule has 4 nitrogen and oxygen atoms in total. The third-order valence-corrected chi connectivity index (χ3v) is 4.70. The van der Waals surface area contributed by atoms with Crippen LogP contribution in [-0.2, 0) is 7.05 Å². The van der Waals surface area contributed by atoms with Crippen LogP contribution in [0.3, 0.4) is 0 Å². The number of rotatable bonds is 3. The highest BCUT2D eigenvalue weighted by molar-refractivity contribution is 7.99. The van der Waals surface area contributed by atoms with Gasteiger partial charge in [-0.05, 0) is 19.9 Å². The molecule has 0 amide bonds. The van der Waals surface area contributed by atoms with Crippen LogP contribution >= 0.6 is 11.8 Å². The van der Waals surface area contributed by atoms with E-state index in [9.17, 15) is 0 Å². The molecular weight excluding hydrogens is 220 g/mol. The predicted molar refractivity (Wildman–Crippen MR) is 66.6 cm³/mol. The minimum Gasteiger partial charge on any atom is -0.316 e. The number of nitrogens with one attached hydrogen (secondary N) is 1. The topological polar surface area (TPSA) is 42.7 Å². The monoisotopic (exact) mass is 240 g/mol. The first kappa shape index (κ1) is 11.9. The van der Waals surface area contributed by atoms with Gasteiger partial charge >= 0.3 is 0 Å². The fourth-order valence-electron chi connectivity index (χ4n) is 2.27. The van der Waals surface area contributed by atoms with Gasteiger partial charge in [-0.3, -0.25) is 0 Å². The maximum Gasteiger partial charge on any atom is 0.186 e. The summed E-state index contributed by atoms with van der Waals surface area (Å²) in [6.45, 7) is 0. The van der Waals surface area contributed by atoms with Gasteiger partial charge in [0.05, 0.1) is 0 Å². The molecule has 2 unspecified atom stereocenters. The number of thioether (sulfide) groups is 1. The summed E-state index contributed by atoms with van der Waals surface area (Å²) < 4.78 is 1.86. The summed E-state index contributed by atoms with van der Waals surface area (Å²) >= 11 is 1.87. The van der Waals surface area contributed by atoms with E-state index in [0.717, 1.165) is 5.16 Å². The van der Waals surface area contributed by atoms with Crippen LogP contribution in [-0.4, -0.2) is 33.1 Å². The van der Waals surface area contributed by atoms with Crippen LogP contribution in [0.25, 0.3) is 0 Å². The first-order valence-corrected chi connectivity index (χ1v) is 6.87. The minimum absolute atomic E-state index is 0.615. The average molecular weight is 240 g/mol. The van der Waals surface area contributed by atoms with E-state index in [0.29, 0.717) is 11.3 Å². The number of hydrogen-bond donors (Lipinski definition) is 1. The molecule has 0 bridgehead atoms. The van der Waals surface area contributed by atoms with Crippen molar-refractivity contribution in [2.75, 3.05) is 7.05 Å². The van der Waals surface area contributed by atoms with Crippen molar-refractivity contribution < 1.29 is 0 Å². The molecule has 0 aromatic carbocycles. The Morgan fingerprint density at radius 3 is 2.88 bits per heavy atom. The van der Waals surface area contributed by atoms with E-state index in [1.807, 2.05) is 23.5 Å². The van der Waals surface area contributed by atoms with Crippen LogP contribution in [0.1, 0.15) is 32.1 Å². The van der Waals surface area contributed by atoms with Crippen LogP contribution in [0.5, 0.6) is 0 Å². The Bertz CT molecular complexity index is 326. The summed E-state index contributed by atoms with van der Waals surface area (Å²) in [4.78, 5) is 4.30. The molecule has 2 atom stereocenters. The molecule has 1 heterocycles. The minimum atomic E-state index is 0.615. The van der Waals surface area contributed by atoms with E-state index in [4.69, 9.17) is 0 Å². The van der Waals surface area contributed by atoms with Gasteiger partial charge < -0.3 is 5.32 Å². The quantitative estimate of drug-likeness (QED) is 0.819. The number of aromatic nitrogens is 3. The summed E-state index contributed by atoms with van der Waals surface area (Å²) in [6, 6.07) is 0.615. The first-order valence-electron chi connectivity index (χ1n) is 5.99. The molecule has 1 aromatic heterocycles. The standard InChI is InChI=1S/C11H20N4S/c1-12-9-6-4-3-5-7-10(9)16-11-13-8-14-15(11)2/h8-10,12H,3-7H2,1-2H3. The van der Waals surface area contributed by atoms with Crippen molar-refractivity contribution in [1.82, 2.24) is 20.1 Å². The highest BCUT2D eigenvalue weighted by Gasteiger charge is 2.24. The zero-order valence-corrected chi connectivity index (χ0v) is 10.8. The Hall–Kier alpha value is -0.550. The second kappa shape index (κ2) is 5.68. The van der Waals surface area contributed by atoms with Gasteiger partial charge in [-0.15, -0.1) is 0 Å². The van der Waals surface area contributed by atoms with Crippen molar-refractivity contribution in [2.45, 2.75) is 48.6 Å². The number of nitrogens with zero attached hydrogens (tertiary/aromatic N) is 3. The van der Waals surface area contributed by atoms with Crippen LogP contribution in [0, 0.1) is 0 Å². The molecule has 1 N–H and O–H groups in total. The maximum absolute atomic E-state index is 4.30. The van der Waals surface area contributed by atoms with Gasteiger partial charge in [-0.2, -0.15) is 5.10 Å². The van der Waals surface area contributed by atoms with E-state index < -0.39 is 0 Å². The molecule has 5 heteroatoms. The Morgan fingerprint density at radius 2 is 2.19 bits per heavy atom. The van der Waals surface area contributed by atoms with E-state index in [1.54, 1.807) is 6.33 Å². The lowest BCUT2D eigenvalue weighted by Gasteiger charge is -2.23. The van der Waals surface area contributed by atoms with E-state index >= 15 is 0 Å². The SMILES string of the molecule is CNC1CCCCCC1Sc1ncnn1C. The van der Waals surface area contributed by atoms with Crippen LogP contribution in [0.4, 0.5) is 0 Å². The van der Waals surface area contributed by atoms with Crippen LogP contribution in [0.15, 0.2) is 11.5 Å². The Kier molecular flexibility index (Phi) is 4.23. The predicted octanol–water partition coefficient (Wildman–Crippen LogP) is 1.83. The van der Waals surface area contributed by atoms with Gasteiger partial charge in [-0.25, -0.2) is 9.67 Å².